The minimum absolute atomic E-state index is 0.565. The van der Waals surface area contributed by atoms with E-state index in [9.17, 15) is 0 Å². The number of rotatable bonds is 4. The number of furan rings is 1. The molecule has 0 bridgehead atoms. The first-order valence-electron chi connectivity index (χ1n) is 7.85. The Balaban J connectivity index is 1.72. The van der Waals surface area contributed by atoms with Gasteiger partial charge in [0.05, 0.1) is 5.39 Å². The molecule has 0 atom stereocenters. The molecule has 1 aromatic carbocycles. The van der Waals surface area contributed by atoms with E-state index in [4.69, 9.17) is 16.0 Å². The van der Waals surface area contributed by atoms with E-state index in [0.29, 0.717) is 17.3 Å². The van der Waals surface area contributed by atoms with Crippen molar-refractivity contribution < 1.29 is 4.42 Å². The second-order valence-electron chi connectivity index (χ2n) is 5.67. The zero-order chi connectivity index (χ0) is 17.2. The van der Waals surface area contributed by atoms with Crippen LogP contribution in [0.25, 0.3) is 22.4 Å². The maximum atomic E-state index is 5.97. The van der Waals surface area contributed by atoms with Crippen LogP contribution in [0.3, 0.4) is 0 Å². The van der Waals surface area contributed by atoms with Gasteiger partial charge in [-0.25, -0.2) is 9.97 Å². The molecule has 5 nitrogen and oxygen atoms in total. The Morgan fingerprint density at radius 3 is 2.56 bits per heavy atom. The maximum Gasteiger partial charge on any atom is 0.232 e. The lowest BCUT2D eigenvalue weighted by Crippen LogP contribution is -2.02. The number of hydrogen-bond acceptors (Lipinski definition) is 5. The van der Waals surface area contributed by atoms with Crippen molar-refractivity contribution >= 4 is 28.5 Å². The Morgan fingerprint density at radius 2 is 1.80 bits per heavy atom. The molecule has 0 unspecified atom stereocenters. The van der Waals surface area contributed by atoms with Gasteiger partial charge in [0.2, 0.25) is 5.71 Å². The van der Waals surface area contributed by atoms with Crippen molar-refractivity contribution in [2.45, 2.75) is 13.5 Å². The van der Waals surface area contributed by atoms with Crippen LogP contribution >= 0.6 is 11.6 Å². The highest BCUT2D eigenvalue weighted by Gasteiger charge is 2.17. The van der Waals surface area contributed by atoms with Crippen LogP contribution in [0, 0.1) is 6.92 Å². The summed E-state index contributed by atoms with van der Waals surface area (Å²) in [5.41, 5.74) is 3.64. The van der Waals surface area contributed by atoms with Crippen molar-refractivity contribution in [3.8, 4) is 11.3 Å². The predicted molar refractivity (Wildman–Crippen MR) is 98.6 cm³/mol. The summed E-state index contributed by atoms with van der Waals surface area (Å²) in [5.74, 6) is 1.53. The molecule has 3 aromatic heterocycles. The quantitative estimate of drug-likeness (QED) is 0.569. The van der Waals surface area contributed by atoms with Crippen molar-refractivity contribution in [2.24, 2.45) is 0 Å². The summed E-state index contributed by atoms with van der Waals surface area (Å²) in [4.78, 5) is 12.7. The van der Waals surface area contributed by atoms with Gasteiger partial charge in [0, 0.05) is 35.1 Å². The zero-order valence-electron chi connectivity index (χ0n) is 13.5. The molecule has 4 rings (SSSR count). The van der Waals surface area contributed by atoms with E-state index < -0.39 is 0 Å². The van der Waals surface area contributed by atoms with Gasteiger partial charge in [-0.2, -0.15) is 0 Å². The molecule has 0 aliphatic rings. The first-order chi connectivity index (χ1) is 12.2. The molecule has 0 fully saturated rings. The number of aryl methyl sites for hydroxylation is 1. The highest BCUT2D eigenvalue weighted by Crippen LogP contribution is 2.35. The summed E-state index contributed by atoms with van der Waals surface area (Å²) in [6.07, 6.45) is 5.05. The summed E-state index contributed by atoms with van der Waals surface area (Å²) < 4.78 is 5.97. The number of anilines is 1. The molecule has 6 heteroatoms. The third-order valence-electron chi connectivity index (χ3n) is 4.04. The van der Waals surface area contributed by atoms with Gasteiger partial charge in [-0.05, 0) is 48.9 Å². The van der Waals surface area contributed by atoms with Crippen LogP contribution in [0.4, 0.5) is 5.82 Å². The average molecular weight is 351 g/mol. The van der Waals surface area contributed by atoms with E-state index >= 15 is 0 Å². The van der Waals surface area contributed by atoms with Gasteiger partial charge in [-0.15, -0.1) is 0 Å². The van der Waals surface area contributed by atoms with Gasteiger partial charge < -0.3 is 9.73 Å². The van der Waals surface area contributed by atoms with Crippen LogP contribution in [0.1, 0.15) is 11.1 Å². The average Bonchev–Trinajstić information content (AvgIpc) is 2.99. The number of hydrogen-bond donors (Lipinski definition) is 1. The molecular weight excluding hydrogens is 336 g/mol. The highest BCUT2D eigenvalue weighted by molar-refractivity contribution is 6.30. The lowest BCUT2D eigenvalue weighted by Gasteiger charge is -2.06. The van der Waals surface area contributed by atoms with E-state index in [-0.39, 0.29) is 0 Å². The number of aromatic nitrogens is 3. The van der Waals surface area contributed by atoms with Crippen molar-refractivity contribution in [1.82, 2.24) is 15.0 Å². The van der Waals surface area contributed by atoms with Crippen LogP contribution in [0.15, 0.2) is 59.5 Å². The van der Waals surface area contributed by atoms with Crippen LogP contribution in [0.2, 0.25) is 5.02 Å². The molecule has 25 heavy (non-hydrogen) atoms. The second kappa shape index (κ2) is 6.53. The zero-order valence-corrected chi connectivity index (χ0v) is 14.3. The summed E-state index contributed by atoms with van der Waals surface area (Å²) >= 11 is 5.97. The maximum absolute atomic E-state index is 5.97. The van der Waals surface area contributed by atoms with E-state index in [2.05, 4.69) is 20.3 Å². The molecule has 124 valence electrons. The lowest BCUT2D eigenvalue weighted by molar-refractivity contribution is 0.615. The first-order valence-corrected chi connectivity index (χ1v) is 8.23. The first kappa shape index (κ1) is 15.6. The van der Waals surface area contributed by atoms with Gasteiger partial charge >= 0.3 is 0 Å². The van der Waals surface area contributed by atoms with E-state index in [0.717, 1.165) is 33.7 Å². The summed E-state index contributed by atoms with van der Waals surface area (Å²) in [6, 6.07) is 11.5. The minimum Gasteiger partial charge on any atom is -0.437 e. The predicted octanol–water partition coefficient (Wildman–Crippen LogP) is 4.86. The largest absolute Gasteiger partial charge is 0.437 e. The molecule has 0 amide bonds. The number of fused-ring (bicyclic) bond motifs is 1. The number of nitrogens with one attached hydrogen (secondary N) is 1. The third-order valence-corrected chi connectivity index (χ3v) is 4.29. The van der Waals surface area contributed by atoms with Crippen LogP contribution < -0.4 is 5.32 Å². The van der Waals surface area contributed by atoms with E-state index in [1.165, 1.54) is 6.33 Å². The molecule has 0 aliphatic heterocycles. The van der Waals surface area contributed by atoms with Gasteiger partial charge in [-0.1, -0.05) is 11.6 Å². The van der Waals surface area contributed by atoms with Crippen LogP contribution in [-0.4, -0.2) is 15.0 Å². The number of pyridine rings is 1. The fourth-order valence-electron chi connectivity index (χ4n) is 2.77. The highest BCUT2D eigenvalue weighted by atomic mass is 35.5. The third kappa shape index (κ3) is 3.06. The normalized spacial score (nSPS) is 11.0. The Hall–Kier alpha value is -2.92. The summed E-state index contributed by atoms with van der Waals surface area (Å²) in [7, 11) is 0. The summed E-state index contributed by atoms with van der Waals surface area (Å²) in [5, 5.41) is 4.94. The number of nitrogens with zero attached hydrogens (tertiary/aromatic N) is 3. The Labute approximate surface area is 149 Å². The summed E-state index contributed by atoms with van der Waals surface area (Å²) in [6.45, 7) is 2.66. The van der Waals surface area contributed by atoms with Crippen LogP contribution in [0.5, 0.6) is 0 Å². The van der Waals surface area contributed by atoms with E-state index in [1.54, 1.807) is 12.4 Å². The molecule has 0 saturated carbocycles. The fourth-order valence-corrected chi connectivity index (χ4v) is 2.89. The van der Waals surface area contributed by atoms with Gasteiger partial charge in [-0.3, -0.25) is 4.98 Å². The van der Waals surface area contributed by atoms with E-state index in [1.807, 2.05) is 43.3 Å². The number of halogens is 1. The molecule has 3 heterocycles. The SMILES string of the molecule is Cc1c(-c2ccc(Cl)cc2)oc2ncnc(NCc3ccncc3)c12. The van der Waals surface area contributed by atoms with Gasteiger partial charge in [0.25, 0.3) is 0 Å². The molecule has 4 aromatic rings. The standard InChI is InChI=1S/C19H15ClN4O/c1-12-16-18(22-10-13-6-8-21-9-7-13)23-11-24-19(16)25-17(12)14-2-4-15(20)5-3-14/h2-9,11H,10H2,1H3,(H,22,23,24). The van der Waals surface area contributed by atoms with Crippen molar-refractivity contribution in [2.75, 3.05) is 5.32 Å². The van der Waals surface area contributed by atoms with Crippen molar-refractivity contribution in [1.29, 1.82) is 0 Å². The van der Waals surface area contributed by atoms with Crippen LogP contribution in [-0.2, 0) is 6.54 Å². The molecule has 1 N–H and O–H groups in total. The fraction of sp³-hybridized carbons (Fsp3) is 0.105. The van der Waals surface area contributed by atoms with Gasteiger partial charge in [0.15, 0.2) is 0 Å². The molecular formula is C19H15ClN4O. The topological polar surface area (TPSA) is 63.8 Å². The lowest BCUT2D eigenvalue weighted by atomic mass is 10.1. The van der Waals surface area contributed by atoms with Crippen molar-refractivity contribution in [3.05, 3.63) is 71.3 Å². The molecule has 0 spiro atoms. The van der Waals surface area contributed by atoms with Crippen molar-refractivity contribution in [3.63, 3.8) is 0 Å². The second-order valence-corrected chi connectivity index (χ2v) is 6.11. The van der Waals surface area contributed by atoms with Gasteiger partial charge in [0.1, 0.15) is 17.9 Å². The monoisotopic (exact) mass is 350 g/mol. The Bertz CT molecular complexity index is 1010. The molecule has 0 saturated heterocycles. The molecule has 0 radical (unpaired) electrons. The smallest absolute Gasteiger partial charge is 0.232 e. The number of benzene rings is 1. The Morgan fingerprint density at radius 1 is 1.04 bits per heavy atom. The molecule has 0 aliphatic carbocycles. The Kier molecular flexibility index (Phi) is 4.07. The minimum atomic E-state index is 0.565.